The Bertz CT molecular complexity index is 1660. The Morgan fingerprint density at radius 3 is 2.45 bits per heavy atom. The molecule has 2 aromatic heterocycles. The third-order valence-corrected chi connectivity index (χ3v) is 6.06. The van der Waals surface area contributed by atoms with Crippen LogP contribution in [0, 0.1) is 12.7 Å². The molecule has 0 N–H and O–H groups in total. The molecule has 0 fully saturated rings. The number of hydrogen-bond acceptors (Lipinski definition) is 3. The Balaban J connectivity index is 1.96. The third kappa shape index (κ3) is 3.24. The Morgan fingerprint density at radius 1 is 0.939 bits per heavy atom. The van der Waals surface area contributed by atoms with Gasteiger partial charge in [-0.25, -0.2) is 13.8 Å². The summed E-state index contributed by atoms with van der Waals surface area (Å²) in [5.74, 6) is 0.228. The van der Waals surface area contributed by atoms with Crippen LogP contribution in [-0.4, -0.2) is 20.8 Å². The van der Waals surface area contributed by atoms with Gasteiger partial charge in [0.05, 0.1) is 30.4 Å². The van der Waals surface area contributed by atoms with Crippen molar-refractivity contribution in [2.24, 2.45) is 7.05 Å². The van der Waals surface area contributed by atoms with Crippen LogP contribution in [-0.2, 0) is 13.6 Å². The summed E-state index contributed by atoms with van der Waals surface area (Å²) < 4.78 is 23.9. The zero-order chi connectivity index (χ0) is 23.3. The molecule has 0 aliphatic heterocycles. The van der Waals surface area contributed by atoms with E-state index in [0.29, 0.717) is 28.0 Å². The molecule has 0 saturated carbocycles. The lowest BCUT2D eigenvalue weighted by atomic mass is 10.2. The first kappa shape index (κ1) is 20.8. The van der Waals surface area contributed by atoms with Gasteiger partial charge in [0.1, 0.15) is 17.1 Å². The quantitative estimate of drug-likeness (QED) is 0.419. The highest BCUT2D eigenvalue weighted by atomic mass is 19.1. The van der Waals surface area contributed by atoms with E-state index in [0.717, 1.165) is 16.5 Å². The molecular formula is C26H22FN3O3. The zero-order valence-corrected chi connectivity index (χ0v) is 18.5. The maximum atomic E-state index is 13.9. The second-order valence-electron chi connectivity index (χ2n) is 8.06. The number of methoxy groups -OCH3 is 1. The molecule has 0 aliphatic rings. The van der Waals surface area contributed by atoms with Gasteiger partial charge in [-0.15, -0.1) is 0 Å². The number of aromatic nitrogens is 3. The van der Waals surface area contributed by atoms with Crippen LogP contribution in [0.25, 0.3) is 27.6 Å². The molecule has 2 heterocycles. The molecule has 5 rings (SSSR count). The fourth-order valence-corrected chi connectivity index (χ4v) is 4.45. The second-order valence-corrected chi connectivity index (χ2v) is 8.06. The number of para-hydroxylation sites is 1. The van der Waals surface area contributed by atoms with Crippen molar-refractivity contribution in [3.8, 4) is 11.4 Å². The average molecular weight is 443 g/mol. The van der Waals surface area contributed by atoms with Crippen LogP contribution < -0.4 is 16.0 Å². The molecule has 166 valence electrons. The summed E-state index contributed by atoms with van der Waals surface area (Å²) in [5, 5.41) is 0.717. The molecule has 0 unspecified atom stereocenters. The van der Waals surface area contributed by atoms with E-state index < -0.39 is 11.2 Å². The van der Waals surface area contributed by atoms with E-state index in [1.165, 1.54) is 16.7 Å². The first-order chi connectivity index (χ1) is 15.9. The fourth-order valence-electron chi connectivity index (χ4n) is 4.45. The zero-order valence-electron chi connectivity index (χ0n) is 18.5. The fraction of sp³-hybridized carbons (Fsp3) is 0.154. The Hall–Kier alpha value is -4.13. The van der Waals surface area contributed by atoms with E-state index >= 15 is 0 Å². The van der Waals surface area contributed by atoms with E-state index in [-0.39, 0.29) is 12.4 Å². The Labute approximate surface area is 188 Å². The van der Waals surface area contributed by atoms with Crippen LogP contribution in [0.5, 0.6) is 5.75 Å². The van der Waals surface area contributed by atoms with Gasteiger partial charge in [-0.05, 0) is 54.4 Å². The van der Waals surface area contributed by atoms with Gasteiger partial charge >= 0.3 is 5.69 Å². The summed E-state index contributed by atoms with van der Waals surface area (Å²) in [6.45, 7) is 1.96. The van der Waals surface area contributed by atoms with Crippen molar-refractivity contribution in [1.82, 2.24) is 13.7 Å². The van der Waals surface area contributed by atoms with E-state index in [9.17, 15) is 14.0 Å². The van der Waals surface area contributed by atoms with Crippen molar-refractivity contribution >= 4 is 21.9 Å². The monoisotopic (exact) mass is 443 g/mol. The van der Waals surface area contributed by atoms with Gasteiger partial charge in [0, 0.05) is 12.4 Å². The Kier molecular flexibility index (Phi) is 4.89. The molecule has 0 bridgehead atoms. The molecule has 6 nitrogen and oxygen atoms in total. The highest BCUT2D eigenvalue weighted by molar-refractivity contribution is 6.06. The lowest BCUT2D eigenvalue weighted by molar-refractivity contribution is 0.415. The van der Waals surface area contributed by atoms with Crippen LogP contribution in [0.4, 0.5) is 4.39 Å². The van der Waals surface area contributed by atoms with Crippen molar-refractivity contribution in [3.63, 3.8) is 0 Å². The van der Waals surface area contributed by atoms with E-state index in [4.69, 9.17) is 4.74 Å². The highest BCUT2D eigenvalue weighted by Gasteiger charge is 2.22. The van der Waals surface area contributed by atoms with Crippen molar-refractivity contribution in [2.45, 2.75) is 13.5 Å². The van der Waals surface area contributed by atoms with Gasteiger partial charge in [0.2, 0.25) is 0 Å². The van der Waals surface area contributed by atoms with Gasteiger partial charge in [-0.2, -0.15) is 0 Å². The number of fused-ring (bicyclic) bond motifs is 3. The van der Waals surface area contributed by atoms with Crippen molar-refractivity contribution in [1.29, 1.82) is 0 Å². The minimum absolute atomic E-state index is 0.107. The standard InChI is InChI=1S/C26H22FN3O3/c1-16-7-4-5-10-21(16)30-25(31)24-23(20-14-19(33-3)11-12-22(20)28(24)2)29(26(30)32)15-17-8-6-9-18(27)13-17/h4-14H,15H2,1-3H3. The van der Waals surface area contributed by atoms with Crippen molar-refractivity contribution in [3.05, 3.63) is 105 Å². The van der Waals surface area contributed by atoms with Gasteiger partial charge in [0.15, 0.2) is 0 Å². The molecule has 33 heavy (non-hydrogen) atoms. The summed E-state index contributed by atoms with van der Waals surface area (Å²) in [5.41, 5.74) is 2.72. The van der Waals surface area contributed by atoms with Gasteiger partial charge in [-0.1, -0.05) is 30.3 Å². The average Bonchev–Trinajstić information content (AvgIpc) is 3.10. The molecule has 3 aromatic carbocycles. The summed E-state index contributed by atoms with van der Waals surface area (Å²) in [6.07, 6.45) is 0. The van der Waals surface area contributed by atoms with E-state index in [1.807, 2.05) is 37.3 Å². The minimum atomic E-state index is -0.485. The predicted octanol–water partition coefficient (Wildman–Crippen LogP) is 4.15. The molecule has 0 spiro atoms. The second kappa shape index (κ2) is 7.78. The van der Waals surface area contributed by atoms with E-state index in [2.05, 4.69) is 0 Å². The van der Waals surface area contributed by atoms with Crippen LogP contribution in [0.2, 0.25) is 0 Å². The molecular weight excluding hydrogens is 421 g/mol. The highest BCUT2D eigenvalue weighted by Crippen LogP contribution is 2.29. The van der Waals surface area contributed by atoms with Crippen molar-refractivity contribution < 1.29 is 9.13 Å². The van der Waals surface area contributed by atoms with Crippen LogP contribution in [0.3, 0.4) is 0 Å². The van der Waals surface area contributed by atoms with E-state index in [1.54, 1.807) is 47.6 Å². The smallest absolute Gasteiger partial charge is 0.336 e. The van der Waals surface area contributed by atoms with Crippen LogP contribution in [0.15, 0.2) is 76.3 Å². The molecule has 0 amide bonds. The van der Waals surface area contributed by atoms with Gasteiger partial charge in [-0.3, -0.25) is 9.36 Å². The summed E-state index contributed by atoms with van der Waals surface area (Å²) in [7, 11) is 3.37. The maximum Gasteiger partial charge on any atom is 0.336 e. The molecule has 0 radical (unpaired) electrons. The summed E-state index contributed by atoms with van der Waals surface area (Å²) in [6, 6.07) is 18.9. The number of halogens is 1. The number of hydrogen-bond donors (Lipinski definition) is 0. The molecule has 0 atom stereocenters. The first-order valence-corrected chi connectivity index (χ1v) is 10.5. The number of ether oxygens (including phenoxy) is 1. The number of benzene rings is 3. The lowest BCUT2D eigenvalue weighted by Gasteiger charge is -2.15. The summed E-state index contributed by atoms with van der Waals surface area (Å²) >= 11 is 0. The first-order valence-electron chi connectivity index (χ1n) is 10.5. The van der Waals surface area contributed by atoms with Crippen molar-refractivity contribution in [2.75, 3.05) is 7.11 Å². The number of nitrogens with zero attached hydrogens (tertiary/aromatic N) is 3. The molecule has 5 aromatic rings. The lowest BCUT2D eigenvalue weighted by Crippen LogP contribution is -2.39. The maximum absolute atomic E-state index is 13.9. The van der Waals surface area contributed by atoms with Crippen LogP contribution >= 0.6 is 0 Å². The van der Waals surface area contributed by atoms with Gasteiger partial charge in [0.25, 0.3) is 5.56 Å². The molecule has 0 aliphatic carbocycles. The van der Waals surface area contributed by atoms with Gasteiger partial charge < -0.3 is 9.30 Å². The summed E-state index contributed by atoms with van der Waals surface area (Å²) in [4.78, 5) is 27.6. The number of rotatable bonds is 4. The predicted molar refractivity (Wildman–Crippen MR) is 127 cm³/mol. The largest absolute Gasteiger partial charge is 0.497 e. The van der Waals surface area contributed by atoms with Crippen LogP contribution in [0.1, 0.15) is 11.1 Å². The minimum Gasteiger partial charge on any atom is -0.497 e. The Morgan fingerprint density at radius 2 is 1.73 bits per heavy atom. The molecule has 0 saturated heterocycles. The molecule has 7 heteroatoms. The topological polar surface area (TPSA) is 58.2 Å². The third-order valence-electron chi connectivity index (χ3n) is 6.06. The SMILES string of the molecule is COc1ccc2c(c1)c1c(c(=O)n(-c3ccccc3C)c(=O)n1Cc1cccc(F)c1)n2C. The normalized spacial score (nSPS) is 11.4. The number of aryl methyl sites for hydroxylation is 2.